The number of H-pyrrole nitrogens is 1. The van der Waals surface area contributed by atoms with Crippen molar-refractivity contribution < 1.29 is 18.5 Å². The summed E-state index contributed by atoms with van der Waals surface area (Å²) in [5, 5.41) is 2.52. The van der Waals surface area contributed by atoms with Gasteiger partial charge in [-0.3, -0.25) is 9.59 Å². The molecule has 1 fully saturated rings. The Kier molecular flexibility index (Phi) is 6.77. The van der Waals surface area contributed by atoms with Crippen LogP contribution in [0.25, 0.3) is 11.1 Å². The van der Waals surface area contributed by atoms with Gasteiger partial charge in [0.1, 0.15) is 12.5 Å². The third-order valence-electron chi connectivity index (χ3n) is 5.68. The fraction of sp³-hybridized carbons (Fsp3) is 0.364. The maximum absolute atomic E-state index is 15.0. The lowest BCUT2D eigenvalue weighted by atomic mass is 10.1. The average Bonchev–Trinajstić information content (AvgIpc) is 3.46. The van der Waals surface area contributed by atoms with Gasteiger partial charge >= 0.3 is 5.63 Å². The number of aromatic nitrogens is 3. The Morgan fingerprint density at radius 3 is 2.71 bits per heavy atom. The van der Waals surface area contributed by atoms with Crippen molar-refractivity contribution in [3.8, 4) is 11.1 Å². The summed E-state index contributed by atoms with van der Waals surface area (Å²) in [6, 6.07) is 3.86. The second kappa shape index (κ2) is 9.91. The summed E-state index contributed by atoms with van der Waals surface area (Å²) in [5.41, 5.74) is 7.18. The molecule has 11 nitrogen and oxygen atoms in total. The van der Waals surface area contributed by atoms with Crippen molar-refractivity contribution in [1.82, 2.24) is 24.9 Å². The number of anilines is 1. The fourth-order valence-electron chi connectivity index (χ4n) is 3.89. The lowest BCUT2D eigenvalue weighted by molar-refractivity contribution is -0.132. The molecule has 0 aliphatic carbocycles. The predicted octanol–water partition coefficient (Wildman–Crippen LogP) is 0.283. The minimum Gasteiger partial charge on any atom is -0.366 e. The summed E-state index contributed by atoms with van der Waals surface area (Å²) in [5.74, 6) is -0.905. The van der Waals surface area contributed by atoms with Crippen molar-refractivity contribution in [3.63, 3.8) is 0 Å². The zero-order valence-corrected chi connectivity index (χ0v) is 18.7. The Morgan fingerprint density at radius 2 is 2.06 bits per heavy atom. The standard InChI is InChI=1S/C22H26FN7O4/c1-14(31)27-13-30-11-17(22(33)34-30)15-2-3-20(18(23)8-15)28-4-6-29(7-5-28)21(32)19(24)9-16-10-25-12-26-16/h2-3,8,10-12,19H,4-7,9,13,24H2,1H3,(H,25,26)(H,27,31)/t19-/m1/s1. The minimum absolute atomic E-state index is 0.000314. The molecular formula is C22H26FN7O4. The Hall–Kier alpha value is -3.93. The number of hydrogen-bond acceptors (Lipinski definition) is 7. The Bertz CT molecular complexity index is 1210. The summed E-state index contributed by atoms with van der Waals surface area (Å²) in [4.78, 5) is 46.3. The number of nitrogens with one attached hydrogen (secondary N) is 2. The van der Waals surface area contributed by atoms with E-state index in [4.69, 9.17) is 10.3 Å². The molecule has 3 heterocycles. The number of carbonyl (C=O) groups excluding carboxylic acids is 2. The molecule has 1 saturated heterocycles. The number of carbonyl (C=O) groups is 2. The molecule has 1 atom stereocenters. The van der Waals surface area contributed by atoms with Crippen molar-refractivity contribution in [2.24, 2.45) is 5.73 Å². The molecule has 1 aliphatic rings. The Morgan fingerprint density at radius 1 is 1.29 bits per heavy atom. The van der Waals surface area contributed by atoms with E-state index in [0.29, 0.717) is 43.9 Å². The summed E-state index contributed by atoms with van der Waals surface area (Å²) < 4.78 is 21.2. The van der Waals surface area contributed by atoms with Crippen LogP contribution in [0.15, 0.2) is 46.2 Å². The number of rotatable bonds is 7. The van der Waals surface area contributed by atoms with Gasteiger partial charge in [0.2, 0.25) is 11.8 Å². The highest BCUT2D eigenvalue weighted by Gasteiger charge is 2.27. The molecule has 0 unspecified atom stereocenters. The molecule has 0 bridgehead atoms. The zero-order valence-electron chi connectivity index (χ0n) is 18.7. The molecule has 0 radical (unpaired) electrons. The molecule has 180 valence electrons. The number of piperazine rings is 1. The van der Waals surface area contributed by atoms with Crippen LogP contribution in [0.3, 0.4) is 0 Å². The number of nitrogens with two attached hydrogens (primary N) is 1. The van der Waals surface area contributed by atoms with Gasteiger partial charge in [-0.2, -0.15) is 4.74 Å². The van der Waals surface area contributed by atoms with Crippen molar-refractivity contribution in [3.05, 3.63) is 58.9 Å². The first-order chi connectivity index (χ1) is 16.3. The molecule has 4 N–H and O–H groups in total. The van der Waals surface area contributed by atoms with Crippen LogP contribution in [0, 0.1) is 5.82 Å². The fourth-order valence-corrected chi connectivity index (χ4v) is 3.89. The molecule has 3 aromatic rings. The van der Waals surface area contributed by atoms with Gasteiger partial charge in [-0.25, -0.2) is 14.2 Å². The number of benzene rings is 1. The van der Waals surface area contributed by atoms with E-state index in [9.17, 15) is 18.8 Å². The van der Waals surface area contributed by atoms with Crippen LogP contribution in [0.2, 0.25) is 0 Å². The first-order valence-corrected chi connectivity index (χ1v) is 10.8. The molecule has 0 spiro atoms. The van der Waals surface area contributed by atoms with Crippen LogP contribution in [0.5, 0.6) is 0 Å². The molecule has 0 saturated carbocycles. The van der Waals surface area contributed by atoms with E-state index in [-0.39, 0.29) is 24.0 Å². The topological polar surface area (TPSA) is 142 Å². The van der Waals surface area contributed by atoms with Gasteiger partial charge in [0.25, 0.3) is 0 Å². The number of nitrogens with zero attached hydrogens (tertiary/aromatic N) is 4. The van der Waals surface area contributed by atoms with Crippen molar-refractivity contribution in [2.75, 3.05) is 31.1 Å². The van der Waals surface area contributed by atoms with E-state index in [1.807, 2.05) is 4.90 Å². The van der Waals surface area contributed by atoms with Crippen molar-refractivity contribution in [1.29, 1.82) is 0 Å². The maximum Gasteiger partial charge on any atom is 0.365 e. The highest BCUT2D eigenvalue weighted by Crippen LogP contribution is 2.26. The number of halogens is 1. The molecule has 34 heavy (non-hydrogen) atoms. The highest BCUT2D eigenvalue weighted by atomic mass is 19.1. The third-order valence-corrected chi connectivity index (χ3v) is 5.68. The second-order valence-corrected chi connectivity index (χ2v) is 8.10. The number of amides is 2. The van der Waals surface area contributed by atoms with Gasteiger partial charge < -0.3 is 30.4 Å². The predicted molar refractivity (Wildman–Crippen MR) is 121 cm³/mol. The monoisotopic (exact) mass is 471 g/mol. The number of imidazole rings is 1. The highest BCUT2D eigenvalue weighted by molar-refractivity contribution is 5.82. The van der Waals surface area contributed by atoms with Crippen LogP contribution < -0.4 is 21.6 Å². The molecule has 4 rings (SSSR count). The molecule has 2 amide bonds. The first-order valence-electron chi connectivity index (χ1n) is 10.8. The number of aromatic amines is 1. The number of hydrogen-bond donors (Lipinski definition) is 3. The average molecular weight is 471 g/mol. The van der Waals surface area contributed by atoms with Crippen LogP contribution >= 0.6 is 0 Å². The summed E-state index contributed by atoms with van der Waals surface area (Å²) in [6.45, 7) is 3.10. The van der Waals surface area contributed by atoms with Crippen LogP contribution in [0.1, 0.15) is 12.6 Å². The SMILES string of the molecule is CC(=O)NCn1cc(-c2ccc(N3CCN(C(=O)[C@H](N)Cc4cnc[nH]4)CC3)c(F)c2)c(=O)o1. The molecule has 2 aromatic heterocycles. The van der Waals surface area contributed by atoms with Crippen LogP contribution in [-0.2, 0) is 22.7 Å². The van der Waals surface area contributed by atoms with Gasteiger partial charge in [-0.05, 0) is 17.7 Å². The lowest BCUT2D eigenvalue weighted by Crippen LogP contribution is -2.53. The van der Waals surface area contributed by atoms with E-state index in [1.165, 1.54) is 23.9 Å². The molecule has 1 aliphatic heterocycles. The smallest absolute Gasteiger partial charge is 0.365 e. The summed E-state index contributed by atoms with van der Waals surface area (Å²) >= 11 is 0. The van der Waals surface area contributed by atoms with E-state index >= 15 is 0 Å². The molecular weight excluding hydrogens is 445 g/mol. The largest absolute Gasteiger partial charge is 0.366 e. The normalized spacial score (nSPS) is 14.8. The van der Waals surface area contributed by atoms with Crippen molar-refractivity contribution >= 4 is 17.5 Å². The van der Waals surface area contributed by atoms with Crippen LogP contribution in [0.4, 0.5) is 10.1 Å². The summed E-state index contributed by atoms with van der Waals surface area (Å²) in [7, 11) is 0. The molecule has 12 heteroatoms. The van der Waals surface area contributed by atoms with Gasteiger partial charge in [0, 0.05) is 51.4 Å². The third kappa shape index (κ3) is 5.17. The van der Waals surface area contributed by atoms with E-state index in [2.05, 4.69) is 15.3 Å². The van der Waals surface area contributed by atoms with Gasteiger partial charge in [-0.1, -0.05) is 6.07 Å². The van der Waals surface area contributed by atoms with Gasteiger partial charge in [-0.15, -0.1) is 0 Å². The van der Waals surface area contributed by atoms with E-state index < -0.39 is 17.5 Å². The Labute approximate surface area is 194 Å². The minimum atomic E-state index is -0.673. The van der Waals surface area contributed by atoms with E-state index in [1.54, 1.807) is 29.6 Å². The van der Waals surface area contributed by atoms with Crippen molar-refractivity contribution in [2.45, 2.75) is 26.1 Å². The lowest BCUT2D eigenvalue weighted by Gasteiger charge is -2.37. The van der Waals surface area contributed by atoms with Gasteiger partial charge in [0.05, 0.1) is 29.8 Å². The zero-order chi connectivity index (χ0) is 24.2. The summed E-state index contributed by atoms with van der Waals surface area (Å²) in [6.07, 6.45) is 4.97. The second-order valence-electron chi connectivity index (χ2n) is 8.10. The first kappa shape index (κ1) is 23.2. The van der Waals surface area contributed by atoms with E-state index in [0.717, 1.165) is 5.69 Å². The maximum atomic E-state index is 15.0. The van der Waals surface area contributed by atoms with Crippen LogP contribution in [-0.4, -0.2) is 63.6 Å². The quantitative estimate of drug-likeness (QED) is 0.449. The Balaban J connectivity index is 1.38. The van der Waals surface area contributed by atoms with Gasteiger partial charge in [0.15, 0.2) is 0 Å². The molecule has 1 aromatic carbocycles.